The van der Waals surface area contributed by atoms with Crippen LogP contribution in [-0.2, 0) is 7.05 Å². The molecule has 0 aliphatic heterocycles. The number of pyridine rings is 1. The van der Waals surface area contributed by atoms with Crippen LogP contribution >= 0.6 is 0 Å². The minimum absolute atomic E-state index is 0. The number of halogens is 1. The summed E-state index contributed by atoms with van der Waals surface area (Å²) in [7, 11) is 2.17. The van der Waals surface area contributed by atoms with Gasteiger partial charge < -0.3 is 27.6 Å². The molecule has 2 aromatic heterocycles. The minimum atomic E-state index is 0. The lowest BCUT2D eigenvalue weighted by atomic mass is 10.1. The Morgan fingerprint density at radius 2 is 1.67 bits per heavy atom. The van der Waals surface area contributed by atoms with Crippen molar-refractivity contribution in [2.45, 2.75) is 39.7 Å². The van der Waals surface area contributed by atoms with E-state index in [-0.39, 0.29) is 12.4 Å². The van der Waals surface area contributed by atoms with Crippen LogP contribution in [0.25, 0.3) is 32.8 Å². The van der Waals surface area contributed by atoms with Gasteiger partial charge >= 0.3 is 0 Å². The van der Waals surface area contributed by atoms with Gasteiger partial charge in [0, 0.05) is 12.1 Å². The molecular weight excluding hydrogens is 392 g/mol. The first-order valence-electron chi connectivity index (χ1n) is 10.9. The molecule has 0 aliphatic carbocycles. The summed E-state index contributed by atoms with van der Waals surface area (Å²) in [5, 5.41) is 6.40. The summed E-state index contributed by atoms with van der Waals surface area (Å²) in [5.74, 6) is 0. The Hall–Kier alpha value is -2.30. The average Bonchev–Trinajstić information content (AvgIpc) is 3.14. The molecule has 0 bridgehead atoms. The molecule has 0 aliphatic rings. The first-order valence-corrected chi connectivity index (χ1v) is 10.9. The van der Waals surface area contributed by atoms with Crippen LogP contribution in [0, 0.1) is 0 Å². The highest BCUT2D eigenvalue weighted by Gasteiger charge is 2.22. The maximum absolute atomic E-state index is 3.86. The number of anilines is 1. The van der Waals surface area contributed by atoms with Crippen LogP contribution in [0.4, 0.5) is 5.69 Å². The molecule has 0 saturated carbocycles. The van der Waals surface area contributed by atoms with Crippen LogP contribution in [0.5, 0.6) is 0 Å². The zero-order chi connectivity index (χ0) is 20.4. The molecule has 0 saturated heterocycles. The molecule has 1 unspecified atom stereocenters. The molecule has 0 radical (unpaired) electrons. The van der Waals surface area contributed by atoms with Gasteiger partial charge in [0.2, 0.25) is 11.0 Å². The molecule has 5 heteroatoms. The summed E-state index contributed by atoms with van der Waals surface area (Å²) in [4.78, 5) is 6.19. The van der Waals surface area contributed by atoms with Crippen molar-refractivity contribution in [2.24, 2.45) is 7.05 Å². The zero-order valence-electron chi connectivity index (χ0n) is 18.5. The van der Waals surface area contributed by atoms with E-state index in [9.17, 15) is 0 Å². The quantitative estimate of drug-likeness (QED) is 0.425. The van der Waals surface area contributed by atoms with E-state index in [0.29, 0.717) is 6.04 Å². The Balaban J connectivity index is 0.00000256. The number of rotatable bonds is 8. The monoisotopic (exact) mass is 424 g/mol. The summed E-state index contributed by atoms with van der Waals surface area (Å²) in [5.41, 5.74) is 6.12. The van der Waals surface area contributed by atoms with E-state index < -0.39 is 0 Å². The predicted molar refractivity (Wildman–Crippen MR) is 125 cm³/mol. The van der Waals surface area contributed by atoms with E-state index in [1.807, 2.05) is 0 Å². The van der Waals surface area contributed by atoms with Crippen molar-refractivity contribution >= 4 is 38.5 Å². The number of fused-ring (bicyclic) bond motifs is 4. The third-order valence-corrected chi connectivity index (χ3v) is 6.20. The van der Waals surface area contributed by atoms with E-state index in [1.165, 1.54) is 51.5 Å². The van der Waals surface area contributed by atoms with Crippen LogP contribution < -0.4 is 22.3 Å². The van der Waals surface area contributed by atoms with Gasteiger partial charge in [-0.05, 0) is 57.6 Å². The number of nitrogens with zero attached hydrogens (tertiary/aromatic N) is 2. The number of hydrogen-bond acceptors (Lipinski definition) is 2. The molecule has 4 rings (SSSR count). The molecule has 2 N–H and O–H groups in total. The molecule has 0 fully saturated rings. The highest BCUT2D eigenvalue weighted by Crippen LogP contribution is 2.33. The van der Waals surface area contributed by atoms with Gasteiger partial charge in [-0.15, -0.1) is 0 Å². The fourth-order valence-corrected chi connectivity index (χ4v) is 4.52. The highest BCUT2D eigenvalue weighted by atomic mass is 35.5. The third-order valence-electron chi connectivity index (χ3n) is 6.20. The van der Waals surface area contributed by atoms with E-state index >= 15 is 0 Å². The number of benzene rings is 2. The van der Waals surface area contributed by atoms with E-state index in [0.717, 1.165) is 19.5 Å². The van der Waals surface area contributed by atoms with Crippen molar-refractivity contribution in [3.63, 3.8) is 0 Å². The maximum atomic E-state index is 3.86. The van der Waals surface area contributed by atoms with E-state index in [1.54, 1.807) is 0 Å². The summed E-state index contributed by atoms with van der Waals surface area (Å²) < 4.78 is 2.32. The van der Waals surface area contributed by atoms with Crippen LogP contribution in [0.1, 0.15) is 33.6 Å². The molecule has 30 heavy (non-hydrogen) atoms. The molecule has 0 amide bonds. The Morgan fingerprint density at radius 1 is 1.00 bits per heavy atom. The number of H-pyrrole nitrogens is 1. The second kappa shape index (κ2) is 9.67. The Kier molecular flexibility index (Phi) is 7.22. The van der Waals surface area contributed by atoms with Crippen LogP contribution in [0.3, 0.4) is 0 Å². The SMILES string of the molecule is CCN(CC)CCCC(C)Nc1c2ccccc2[n+](C)c2c1[nH]c1ccccc12.[Cl-]. The smallest absolute Gasteiger partial charge is 0.240 e. The molecule has 160 valence electrons. The van der Waals surface area contributed by atoms with Gasteiger partial charge in [0.1, 0.15) is 12.6 Å². The predicted octanol–water partition coefficient (Wildman–Crippen LogP) is 2.23. The number of hydrogen-bond donors (Lipinski definition) is 2. The minimum Gasteiger partial charge on any atom is -1.00 e. The molecule has 0 spiro atoms. The van der Waals surface area contributed by atoms with Gasteiger partial charge in [0.05, 0.1) is 22.0 Å². The molecule has 1 atom stereocenters. The summed E-state index contributed by atoms with van der Waals surface area (Å²) in [6.07, 6.45) is 2.37. The lowest BCUT2D eigenvalue weighted by Gasteiger charge is -2.21. The number of para-hydroxylation sites is 2. The van der Waals surface area contributed by atoms with E-state index in [4.69, 9.17) is 0 Å². The first kappa shape index (κ1) is 22.4. The molecule has 4 nitrogen and oxygen atoms in total. The fourth-order valence-electron chi connectivity index (χ4n) is 4.52. The second-order valence-corrected chi connectivity index (χ2v) is 8.06. The van der Waals surface area contributed by atoms with Crippen LogP contribution in [0.2, 0.25) is 0 Å². The van der Waals surface area contributed by atoms with Gasteiger partial charge in [-0.2, -0.15) is 4.57 Å². The second-order valence-electron chi connectivity index (χ2n) is 8.06. The largest absolute Gasteiger partial charge is 1.00 e. The lowest BCUT2D eigenvalue weighted by Crippen LogP contribution is -3.00. The lowest BCUT2D eigenvalue weighted by molar-refractivity contribution is -0.616. The third kappa shape index (κ3) is 4.12. The standard InChI is InChI=1S/C25H32N4.ClH/c1-5-29(6-2)17-11-12-18(3)26-23-20-14-8-10-16-22(20)28(4)25-19-13-7-9-15-21(19)27-24(23)25;/h7-10,13-16,18H,5-6,11-12,17H2,1-4H3,(H,26,27);1H. The van der Waals surface area contributed by atoms with Crippen LogP contribution in [-0.4, -0.2) is 35.6 Å². The topological polar surface area (TPSA) is 34.9 Å². The summed E-state index contributed by atoms with van der Waals surface area (Å²) in [6.45, 7) is 10.2. The van der Waals surface area contributed by atoms with Crippen molar-refractivity contribution in [3.05, 3.63) is 48.5 Å². The zero-order valence-corrected chi connectivity index (χ0v) is 19.3. The Bertz CT molecular complexity index is 1130. The maximum Gasteiger partial charge on any atom is 0.240 e. The van der Waals surface area contributed by atoms with E-state index in [2.05, 4.69) is 96.1 Å². The molecular formula is C25H33ClN4. The summed E-state index contributed by atoms with van der Waals surface area (Å²) >= 11 is 0. The highest BCUT2D eigenvalue weighted by molar-refractivity contribution is 6.13. The van der Waals surface area contributed by atoms with Gasteiger partial charge in [0.15, 0.2) is 0 Å². The van der Waals surface area contributed by atoms with Crippen molar-refractivity contribution in [3.8, 4) is 0 Å². The van der Waals surface area contributed by atoms with Crippen molar-refractivity contribution in [2.75, 3.05) is 25.0 Å². The molecule has 4 aromatic rings. The normalized spacial score (nSPS) is 12.6. The van der Waals surface area contributed by atoms with Crippen molar-refractivity contribution in [1.29, 1.82) is 0 Å². The van der Waals surface area contributed by atoms with Crippen LogP contribution in [0.15, 0.2) is 48.5 Å². The van der Waals surface area contributed by atoms with Gasteiger partial charge in [-0.25, -0.2) is 0 Å². The fraction of sp³-hybridized carbons (Fsp3) is 0.400. The van der Waals surface area contributed by atoms with Gasteiger partial charge in [-0.3, -0.25) is 0 Å². The average molecular weight is 425 g/mol. The van der Waals surface area contributed by atoms with Gasteiger partial charge in [0.25, 0.3) is 0 Å². The van der Waals surface area contributed by atoms with Crippen molar-refractivity contribution < 1.29 is 17.0 Å². The first-order chi connectivity index (χ1) is 14.1. The number of aryl methyl sites for hydroxylation is 1. The van der Waals surface area contributed by atoms with Gasteiger partial charge in [-0.1, -0.05) is 38.1 Å². The summed E-state index contributed by atoms with van der Waals surface area (Å²) in [6, 6.07) is 17.7. The van der Waals surface area contributed by atoms with Crippen molar-refractivity contribution in [1.82, 2.24) is 9.88 Å². The Labute approximate surface area is 185 Å². The Morgan fingerprint density at radius 3 is 2.40 bits per heavy atom. The number of aromatic amines is 1. The number of nitrogens with one attached hydrogen (secondary N) is 2. The number of aromatic nitrogens is 2. The molecule has 2 aromatic carbocycles. The molecule has 2 heterocycles.